The van der Waals surface area contributed by atoms with Crippen LogP contribution in [0.5, 0.6) is 11.5 Å². The fourth-order valence-electron chi connectivity index (χ4n) is 2.40. The number of ether oxygens (including phenoxy) is 1. The number of hydrogen-bond donors (Lipinski definition) is 2. The van der Waals surface area contributed by atoms with Crippen LogP contribution in [0.15, 0.2) is 83.6 Å². The van der Waals surface area contributed by atoms with Gasteiger partial charge in [0.05, 0.1) is 5.57 Å². The monoisotopic (exact) mass is 410 g/mol. The Kier molecular flexibility index (Phi) is 8.56. The molecule has 4 nitrogen and oxygen atoms in total. The second-order valence-corrected chi connectivity index (χ2v) is 7.14. The molecule has 0 spiro atoms. The van der Waals surface area contributed by atoms with Crippen molar-refractivity contribution in [3.8, 4) is 11.5 Å². The molecule has 0 atom stereocenters. The highest BCUT2D eigenvalue weighted by molar-refractivity contribution is 6.30. The molecule has 2 aromatic rings. The van der Waals surface area contributed by atoms with E-state index in [1.807, 2.05) is 55.5 Å². The quantitative estimate of drug-likeness (QED) is 0.421. The highest BCUT2D eigenvalue weighted by Gasteiger charge is 2.08. The number of allylic oxidation sites excluding steroid dienone is 4. The molecule has 0 aromatic heterocycles. The molecule has 0 saturated carbocycles. The van der Waals surface area contributed by atoms with Crippen molar-refractivity contribution in [1.29, 1.82) is 0 Å². The molecule has 3 N–H and O–H groups in total. The fraction of sp³-hybridized carbons (Fsp3) is 0.208. The Morgan fingerprint density at radius 2 is 1.66 bits per heavy atom. The number of nitrogens with one attached hydrogen (secondary N) is 1. The highest BCUT2D eigenvalue weighted by atomic mass is 35.5. The van der Waals surface area contributed by atoms with Gasteiger partial charge in [-0.1, -0.05) is 48.4 Å². The second-order valence-electron chi connectivity index (χ2n) is 6.70. The molecule has 0 aliphatic rings. The molecule has 2 rings (SSSR count). The highest BCUT2D eigenvalue weighted by Crippen LogP contribution is 2.23. The normalized spacial score (nSPS) is 12.6. The van der Waals surface area contributed by atoms with Crippen LogP contribution in [0.1, 0.15) is 32.8 Å². The van der Waals surface area contributed by atoms with Gasteiger partial charge in [0.25, 0.3) is 5.91 Å². The van der Waals surface area contributed by atoms with Gasteiger partial charge in [-0.25, -0.2) is 0 Å². The van der Waals surface area contributed by atoms with Crippen molar-refractivity contribution in [3.63, 3.8) is 0 Å². The Morgan fingerprint density at radius 3 is 2.21 bits per heavy atom. The first-order valence-electron chi connectivity index (χ1n) is 9.49. The maximum absolute atomic E-state index is 12.5. The van der Waals surface area contributed by atoms with Crippen LogP contribution < -0.4 is 15.8 Å². The van der Waals surface area contributed by atoms with E-state index in [1.54, 1.807) is 25.1 Å². The number of amides is 1. The minimum absolute atomic E-state index is 0.203. The Bertz CT molecular complexity index is 907. The molecular formula is C24H27ClN2O2. The maximum atomic E-state index is 12.5. The Balaban J connectivity index is 1.95. The number of rotatable bonds is 8. The zero-order valence-corrected chi connectivity index (χ0v) is 17.8. The SMILES string of the molecule is CCC(C)=C/C=C\C(C(=O)NCc1ccc(Oc2ccc(Cl)cc2)cc1)=C(/C)N. The topological polar surface area (TPSA) is 64.3 Å². The Morgan fingerprint density at radius 1 is 1.07 bits per heavy atom. The summed E-state index contributed by atoms with van der Waals surface area (Å²) in [5.74, 6) is 1.22. The molecule has 0 aliphatic carbocycles. The fourth-order valence-corrected chi connectivity index (χ4v) is 2.53. The average molecular weight is 411 g/mol. The van der Waals surface area contributed by atoms with E-state index in [-0.39, 0.29) is 5.91 Å². The molecule has 29 heavy (non-hydrogen) atoms. The molecule has 0 unspecified atom stereocenters. The molecule has 0 heterocycles. The van der Waals surface area contributed by atoms with Gasteiger partial charge in [0.15, 0.2) is 0 Å². The molecule has 0 bridgehead atoms. The summed E-state index contributed by atoms with van der Waals surface area (Å²) in [6.45, 7) is 6.25. The third-order valence-corrected chi connectivity index (χ3v) is 4.55. The summed E-state index contributed by atoms with van der Waals surface area (Å²) < 4.78 is 5.77. The van der Waals surface area contributed by atoms with Crippen molar-refractivity contribution in [2.24, 2.45) is 5.73 Å². The first-order chi connectivity index (χ1) is 13.9. The van der Waals surface area contributed by atoms with Crippen molar-refractivity contribution in [2.45, 2.75) is 33.7 Å². The van der Waals surface area contributed by atoms with Crippen LogP contribution in [-0.4, -0.2) is 5.91 Å². The van der Waals surface area contributed by atoms with E-state index < -0.39 is 0 Å². The van der Waals surface area contributed by atoms with E-state index in [0.717, 1.165) is 12.0 Å². The van der Waals surface area contributed by atoms with Gasteiger partial charge in [-0.2, -0.15) is 0 Å². The van der Waals surface area contributed by atoms with Crippen molar-refractivity contribution in [2.75, 3.05) is 0 Å². The third kappa shape index (κ3) is 7.51. The lowest BCUT2D eigenvalue weighted by Gasteiger charge is -2.09. The molecule has 0 aliphatic heterocycles. The first kappa shape index (κ1) is 22.3. The number of halogens is 1. The van der Waals surface area contributed by atoms with Gasteiger partial charge in [0.2, 0.25) is 0 Å². The summed E-state index contributed by atoms with van der Waals surface area (Å²) in [6.07, 6.45) is 6.55. The van der Waals surface area contributed by atoms with Crippen LogP contribution in [-0.2, 0) is 11.3 Å². The van der Waals surface area contributed by atoms with Crippen LogP contribution in [0.25, 0.3) is 0 Å². The summed E-state index contributed by atoms with van der Waals surface area (Å²) >= 11 is 5.88. The van der Waals surface area contributed by atoms with Gasteiger partial charge < -0.3 is 15.8 Å². The van der Waals surface area contributed by atoms with E-state index in [9.17, 15) is 4.79 Å². The van der Waals surface area contributed by atoms with E-state index in [4.69, 9.17) is 22.1 Å². The van der Waals surface area contributed by atoms with Gasteiger partial charge >= 0.3 is 0 Å². The molecule has 2 aromatic carbocycles. The summed E-state index contributed by atoms with van der Waals surface area (Å²) in [5, 5.41) is 3.57. The third-order valence-electron chi connectivity index (χ3n) is 4.30. The predicted octanol–water partition coefficient (Wildman–Crippen LogP) is 5.89. The standard InChI is InChI=1S/C24H27ClN2O2/c1-4-17(2)6-5-7-23(18(3)26)24(28)27-16-19-8-12-21(13-9-19)29-22-14-10-20(25)11-15-22/h5-15H,4,16,26H2,1-3H3,(H,27,28)/b7-5-,17-6?,23-18-. The van der Waals surface area contributed by atoms with Crippen LogP contribution in [0.4, 0.5) is 0 Å². The van der Waals surface area contributed by atoms with Crippen LogP contribution in [0, 0.1) is 0 Å². The molecule has 5 heteroatoms. The lowest BCUT2D eigenvalue weighted by molar-refractivity contribution is -0.117. The first-order valence-corrected chi connectivity index (χ1v) is 9.87. The molecule has 0 radical (unpaired) electrons. The van der Waals surface area contributed by atoms with Gasteiger partial charge in [0.1, 0.15) is 11.5 Å². The van der Waals surface area contributed by atoms with Crippen molar-refractivity contribution in [3.05, 3.63) is 94.2 Å². The largest absolute Gasteiger partial charge is 0.457 e. The number of carbonyl (C=O) groups is 1. The zero-order valence-electron chi connectivity index (χ0n) is 17.0. The zero-order chi connectivity index (χ0) is 21.2. The van der Waals surface area contributed by atoms with Crippen LogP contribution in [0.2, 0.25) is 5.02 Å². The van der Waals surface area contributed by atoms with E-state index in [0.29, 0.717) is 34.3 Å². The van der Waals surface area contributed by atoms with Crippen molar-refractivity contribution >= 4 is 17.5 Å². The van der Waals surface area contributed by atoms with Gasteiger partial charge in [-0.05, 0) is 68.3 Å². The van der Waals surface area contributed by atoms with E-state index in [1.165, 1.54) is 5.57 Å². The Labute approximate surface area is 177 Å². The number of hydrogen-bond acceptors (Lipinski definition) is 3. The van der Waals surface area contributed by atoms with Gasteiger partial charge in [-0.3, -0.25) is 4.79 Å². The number of nitrogens with two attached hydrogens (primary N) is 1. The minimum Gasteiger partial charge on any atom is -0.457 e. The van der Waals surface area contributed by atoms with Gasteiger partial charge in [-0.15, -0.1) is 0 Å². The van der Waals surface area contributed by atoms with E-state index in [2.05, 4.69) is 12.2 Å². The number of carbonyl (C=O) groups excluding carboxylic acids is 1. The Hall–Kier alpha value is -2.98. The van der Waals surface area contributed by atoms with Crippen LogP contribution >= 0.6 is 11.6 Å². The summed E-state index contributed by atoms with van der Waals surface area (Å²) in [4.78, 5) is 12.5. The maximum Gasteiger partial charge on any atom is 0.253 e. The van der Waals surface area contributed by atoms with E-state index >= 15 is 0 Å². The minimum atomic E-state index is -0.203. The van der Waals surface area contributed by atoms with Crippen molar-refractivity contribution < 1.29 is 9.53 Å². The second kappa shape index (κ2) is 11.1. The summed E-state index contributed by atoms with van der Waals surface area (Å²) in [6, 6.07) is 14.7. The molecule has 0 fully saturated rings. The summed E-state index contributed by atoms with van der Waals surface area (Å²) in [7, 11) is 0. The average Bonchev–Trinajstić information content (AvgIpc) is 2.71. The number of benzene rings is 2. The van der Waals surface area contributed by atoms with Crippen molar-refractivity contribution in [1.82, 2.24) is 5.32 Å². The molecule has 152 valence electrons. The summed E-state index contributed by atoms with van der Waals surface area (Å²) in [5.41, 5.74) is 9.02. The lowest BCUT2D eigenvalue weighted by Crippen LogP contribution is -2.25. The van der Waals surface area contributed by atoms with Crippen LogP contribution in [0.3, 0.4) is 0 Å². The van der Waals surface area contributed by atoms with Gasteiger partial charge in [0, 0.05) is 17.3 Å². The molecule has 1 amide bonds. The smallest absolute Gasteiger partial charge is 0.253 e. The molecular weight excluding hydrogens is 384 g/mol. The molecule has 0 saturated heterocycles. The predicted molar refractivity (Wildman–Crippen MR) is 120 cm³/mol. The lowest BCUT2D eigenvalue weighted by atomic mass is 10.1.